The minimum Gasteiger partial charge on any atom is -0.465 e. The number of nitrogens with one attached hydrogen (secondary N) is 1. The number of piperazine rings is 1. The Labute approximate surface area is 221 Å². The first-order chi connectivity index (χ1) is 18.1. The molecule has 1 fully saturated rings. The van der Waals surface area contributed by atoms with Gasteiger partial charge in [0.15, 0.2) is 0 Å². The summed E-state index contributed by atoms with van der Waals surface area (Å²) in [5, 5.41) is 2.69. The van der Waals surface area contributed by atoms with Crippen molar-refractivity contribution in [2.45, 2.75) is 22.8 Å². The first-order valence-corrected chi connectivity index (χ1v) is 14.6. The fourth-order valence-electron chi connectivity index (χ4n) is 4.25. The summed E-state index contributed by atoms with van der Waals surface area (Å²) >= 11 is 0. The van der Waals surface area contributed by atoms with Gasteiger partial charge < -0.3 is 10.1 Å². The maximum Gasteiger partial charge on any atom is 0.338 e. The van der Waals surface area contributed by atoms with Gasteiger partial charge in [-0.3, -0.25) is 4.79 Å². The van der Waals surface area contributed by atoms with Crippen LogP contribution in [-0.2, 0) is 29.6 Å². The lowest BCUT2D eigenvalue weighted by Crippen LogP contribution is -2.60. The molecule has 1 N–H and O–H groups in total. The van der Waals surface area contributed by atoms with Crippen LogP contribution in [-0.4, -0.2) is 70.1 Å². The monoisotopic (exact) mass is 557 g/mol. The van der Waals surface area contributed by atoms with Gasteiger partial charge in [-0.2, -0.15) is 8.61 Å². The topological polar surface area (TPSA) is 130 Å². The van der Waals surface area contributed by atoms with E-state index in [9.17, 15) is 26.4 Å². The van der Waals surface area contributed by atoms with Crippen molar-refractivity contribution in [2.75, 3.05) is 32.1 Å². The van der Waals surface area contributed by atoms with Crippen molar-refractivity contribution in [1.82, 2.24) is 8.61 Å². The highest BCUT2D eigenvalue weighted by Crippen LogP contribution is 2.27. The van der Waals surface area contributed by atoms with Crippen LogP contribution in [0, 0.1) is 6.92 Å². The molecule has 1 saturated heterocycles. The number of ether oxygens (including phenoxy) is 1. The fraction of sp³-hybridized carbons (Fsp3) is 0.231. The average molecular weight is 558 g/mol. The third-order valence-corrected chi connectivity index (χ3v) is 10.1. The molecule has 3 aromatic rings. The van der Waals surface area contributed by atoms with Crippen molar-refractivity contribution in [3.8, 4) is 0 Å². The molecule has 1 heterocycles. The second-order valence-corrected chi connectivity index (χ2v) is 12.4. The van der Waals surface area contributed by atoms with Crippen LogP contribution in [0.4, 0.5) is 5.69 Å². The Kier molecular flexibility index (Phi) is 7.97. The molecule has 1 aliphatic heterocycles. The SMILES string of the molecule is COC(=O)c1cccc(NC(=O)[C@H]2CN(S(=O)(=O)c3ccccc3)CCN2S(=O)(=O)c2ccccc2)c1C. The van der Waals surface area contributed by atoms with Crippen LogP contribution in [0.5, 0.6) is 0 Å². The fourth-order valence-corrected chi connectivity index (χ4v) is 7.30. The molecule has 12 heteroatoms. The highest BCUT2D eigenvalue weighted by Gasteiger charge is 2.43. The zero-order valence-electron chi connectivity index (χ0n) is 20.8. The first kappa shape index (κ1) is 27.5. The van der Waals surface area contributed by atoms with Crippen molar-refractivity contribution < 1.29 is 31.2 Å². The Morgan fingerprint density at radius 1 is 0.816 bits per heavy atom. The van der Waals surface area contributed by atoms with E-state index >= 15 is 0 Å². The Hall–Kier alpha value is -3.58. The maximum absolute atomic E-state index is 13.6. The minimum atomic E-state index is -4.14. The number of carbonyl (C=O) groups is 2. The van der Waals surface area contributed by atoms with E-state index in [0.29, 0.717) is 5.56 Å². The van der Waals surface area contributed by atoms with Gasteiger partial charge >= 0.3 is 5.97 Å². The van der Waals surface area contributed by atoms with E-state index in [1.54, 1.807) is 55.5 Å². The van der Waals surface area contributed by atoms with Crippen molar-refractivity contribution in [3.63, 3.8) is 0 Å². The van der Waals surface area contributed by atoms with Gasteiger partial charge in [0.1, 0.15) is 6.04 Å². The molecule has 0 radical (unpaired) electrons. The molecule has 0 aromatic heterocycles. The van der Waals surface area contributed by atoms with Crippen molar-refractivity contribution >= 4 is 37.6 Å². The van der Waals surface area contributed by atoms with Gasteiger partial charge in [0, 0.05) is 25.3 Å². The number of anilines is 1. The molecule has 0 bridgehead atoms. The number of sulfonamides is 2. The predicted octanol–water partition coefficient (Wildman–Crippen LogP) is 2.48. The Bertz CT molecular complexity index is 1540. The normalized spacial score (nSPS) is 17.1. The third-order valence-electron chi connectivity index (χ3n) is 6.32. The van der Waals surface area contributed by atoms with Gasteiger partial charge in [0.2, 0.25) is 26.0 Å². The van der Waals surface area contributed by atoms with Crippen molar-refractivity contribution in [3.05, 3.63) is 90.0 Å². The Morgan fingerprint density at radius 2 is 1.39 bits per heavy atom. The summed E-state index contributed by atoms with van der Waals surface area (Å²) in [5.41, 5.74) is 0.934. The van der Waals surface area contributed by atoms with E-state index in [1.165, 1.54) is 37.4 Å². The minimum absolute atomic E-state index is 0.0129. The molecular weight excluding hydrogens is 530 g/mol. The summed E-state index contributed by atoms with van der Waals surface area (Å²) in [6.45, 7) is 0.852. The zero-order chi connectivity index (χ0) is 27.5. The average Bonchev–Trinajstić information content (AvgIpc) is 2.94. The number of benzene rings is 3. The van der Waals surface area contributed by atoms with Crippen LogP contribution in [0.25, 0.3) is 0 Å². The van der Waals surface area contributed by atoms with Crippen LogP contribution >= 0.6 is 0 Å². The second kappa shape index (κ2) is 11.0. The summed E-state index contributed by atoms with van der Waals surface area (Å²) < 4.78 is 60.7. The Morgan fingerprint density at radius 3 is 1.97 bits per heavy atom. The number of rotatable bonds is 7. The number of amides is 1. The van der Waals surface area contributed by atoms with E-state index in [2.05, 4.69) is 5.32 Å². The molecule has 3 aromatic carbocycles. The van der Waals surface area contributed by atoms with E-state index in [0.717, 1.165) is 8.61 Å². The van der Waals surface area contributed by atoms with Crippen LogP contribution in [0.15, 0.2) is 88.7 Å². The highest BCUT2D eigenvalue weighted by atomic mass is 32.2. The molecule has 0 saturated carbocycles. The second-order valence-electron chi connectivity index (χ2n) is 8.58. The van der Waals surface area contributed by atoms with Crippen LogP contribution in [0.1, 0.15) is 15.9 Å². The van der Waals surface area contributed by atoms with E-state index < -0.39 is 44.5 Å². The van der Waals surface area contributed by atoms with E-state index in [4.69, 9.17) is 4.74 Å². The summed E-state index contributed by atoms with van der Waals surface area (Å²) in [5.74, 6) is -1.33. The van der Waals surface area contributed by atoms with Gasteiger partial charge in [-0.1, -0.05) is 42.5 Å². The molecule has 10 nitrogen and oxygen atoms in total. The summed E-state index contributed by atoms with van der Waals surface area (Å²) in [6.07, 6.45) is 0. The summed E-state index contributed by atoms with van der Waals surface area (Å²) in [4.78, 5) is 25.7. The van der Waals surface area contributed by atoms with Crippen LogP contribution < -0.4 is 5.32 Å². The predicted molar refractivity (Wildman–Crippen MR) is 140 cm³/mol. The number of hydrogen-bond acceptors (Lipinski definition) is 7. The largest absolute Gasteiger partial charge is 0.465 e. The smallest absolute Gasteiger partial charge is 0.338 e. The van der Waals surface area contributed by atoms with Gasteiger partial charge in [-0.05, 0) is 48.9 Å². The number of carbonyl (C=O) groups excluding carboxylic acids is 2. The number of nitrogens with zero attached hydrogens (tertiary/aromatic N) is 2. The van der Waals surface area contributed by atoms with Gasteiger partial charge in [0.25, 0.3) is 0 Å². The molecular formula is C26H27N3O7S2. The lowest BCUT2D eigenvalue weighted by atomic mass is 10.1. The zero-order valence-corrected chi connectivity index (χ0v) is 22.4. The number of hydrogen-bond donors (Lipinski definition) is 1. The standard InChI is InChI=1S/C26H27N3O7S2/c1-19-22(26(31)36-2)14-9-15-23(19)27-25(30)24-18-28(37(32,33)20-10-5-3-6-11-20)16-17-29(24)38(34,35)21-12-7-4-8-13-21/h3-15,24H,16-18H2,1-2H3,(H,27,30)/t24-/m1/s1. The van der Waals surface area contributed by atoms with Crippen LogP contribution in [0.3, 0.4) is 0 Å². The molecule has 1 amide bonds. The molecule has 38 heavy (non-hydrogen) atoms. The molecule has 4 rings (SSSR count). The van der Waals surface area contributed by atoms with Crippen molar-refractivity contribution in [1.29, 1.82) is 0 Å². The number of methoxy groups -OCH3 is 1. The summed E-state index contributed by atoms with van der Waals surface area (Å²) in [7, 11) is -6.90. The number of esters is 1. The van der Waals surface area contributed by atoms with Crippen LogP contribution in [0.2, 0.25) is 0 Å². The molecule has 1 atom stereocenters. The highest BCUT2D eigenvalue weighted by molar-refractivity contribution is 7.89. The summed E-state index contributed by atoms with van der Waals surface area (Å²) in [6, 6.07) is 18.7. The maximum atomic E-state index is 13.6. The molecule has 200 valence electrons. The molecule has 0 spiro atoms. The van der Waals surface area contributed by atoms with Gasteiger partial charge in [0.05, 0.1) is 22.5 Å². The molecule has 1 aliphatic rings. The van der Waals surface area contributed by atoms with Crippen molar-refractivity contribution in [2.24, 2.45) is 0 Å². The van der Waals surface area contributed by atoms with Gasteiger partial charge in [-0.25, -0.2) is 21.6 Å². The molecule has 0 aliphatic carbocycles. The third kappa shape index (κ3) is 5.34. The quantitative estimate of drug-likeness (QED) is 0.442. The first-order valence-electron chi connectivity index (χ1n) is 11.7. The lowest BCUT2D eigenvalue weighted by Gasteiger charge is -2.39. The van der Waals surface area contributed by atoms with E-state index in [1.807, 2.05) is 0 Å². The van der Waals surface area contributed by atoms with Gasteiger partial charge in [-0.15, -0.1) is 0 Å². The van der Waals surface area contributed by atoms with E-state index in [-0.39, 0.29) is 34.1 Å². The molecule has 0 unspecified atom stereocenters. The lowest BCUT2D eigenvalue weighted by molar-refractivity contribution is -0.120. The Balaban J connectivity index is 1.71.